The molecule has 3 fully saturated rings. The summed E-state index contributed by atoms with van der Waals surface area (Å²) < 4.78 is 6.37. The topological polar surface area (TPSA) is 86.2 Å². The van der Waals surface area contributed by atoms with E-state index in [1.165, 1.54) is 0 Å². The van der Waals surface area contributed by atoms with Crippen LogP contribution in [0.1, 0.15) is 39.9 Å². The Morgan fingerprint density at radius 1 is 1.02 bits per heavy atom. The van der Waals surface area contributed by atoms with Crippen molar-refractivity contribution in [2.75, 3.05) is 51.2 Å². The van der Waals surface area contributed by atoms with Crippen molar-refractivity contribution >= 4 is 28.3 Å². The zero-order valence-electron chi connectivity index (χ0n) is 24.0. The quantitative estimate of drug-likeness (QED) is 0.428. The van der Waals surface area contributed by atoms with E-state index in [9.17, 15) is 14.7 Å². The van der Waals surface area contributed by atoms with Crippen molar-refractivity contribution in [2.24, 2.45) is 17.8 Å². The zero-order valence-corrected chi connectivity index (χ0v) is 24.8. The first-order valence-electron chi connectivity index (χ1n) is 14.5. The van der Waals surface area contributed by atoms with Gasteiger partial charge >= 0.3 is 5.97 Å². The lowest BCUT2D eigenvalue weighted by Crippen LogP contribution is -2.47. The summed E-state index contributed by atoms with van der Waals surface area (Å²) in [4.78, 5) is 36.2. The predicted molar refractivity (Wildman–Crippen MR) is 161 cm³/mol. The van der Waals surface area contributed by atoms with E-state index in [-0.39, 0.29) is 23.7 Å². The molecule has 2 aliphatic heterocycles. The monoisotopic (exact) mass is 574 g/mol. The highest BCUT2D eigenvalue weighted by Crippen LogP contribution is 2.44. The molecule has 0 radical (unpaired) electrons. The van der Waals surface area contributed by atoms with E-state index >= 15 is 0 Å². The Balaban J connectivity index is 1.15. The zero-order chi connectivity index (χ0) is 28.7. The largest absolute Gasteiger partial charge is 0.488 e. The Hall–Kier alpha value is -3.43. The van der Waals surface area contributed by atoms with Crippen molar-refractivity contribution < 1.29 is 19.4 Å². The summed E-state index contributed by atoms with van der Waals surface area (Å²) in [6.45, 7) is 9.33. The number of carbonyl (C=O) groups excluding carboxylic acids is 1. The van der Waals surface area contributed by atoms with Crippen LogP contribution in [-0.4, -0.2) is 78.1 Å². The fourth-order valence-electron chi connectivity index (χ4n) is 6.62. The normalized spacial score (nSPS) is 22.7. The lowest BCUT2D eigenvalue weighted by atomic mass is 9.85. The molecule has 1 saturated carbocycles. The van der Waals surface area contributed by atoms with Crippen LogP contribution in [0.2, 0.25) is 0 Å². The van der Waals surface area contributed by atoms with Crippen molar-refractivity contribution in [1.82, 2.24) is 14.8 Å². The number of carboxylic acid groups (broad SMARTS) is 1. The Morgan fingerprint density at radius 3 is 2.44 bits per heavy atom. The Labute approximate surface area is 245 Å². The number of amides is 1. The van der Waals surface area contributed by atoms with Gasteiger partial charge in [-0.05, 0) is 81.0 Å². The molecule has 8 nitrogen and oxygen atoms in total. The third-order valence-electron chi connectivity index (χ3n) is 9.06. The first-order chi connectivity index (χ1) is 19.8. The average molecular weight is 575 g/mol. The highest BCUT2D eigenvalue weighted by molar-refractivity contribution is 7.14. The summed E-state index contributed by atoms with van der Waals surface area (Å²) in [5.74, 6) is 0.393. The summed E-state index contributed by atoms with van der Waals surface area (Å²) in [6, 6.07) is 12.0. The van der Waals surface area contributed by atoms with Gasteiger partial charge in [-0.2, -0.15) is 0 Å². The van der Waals surface area contributed by atoms with Crippen LogP contribution in [-0.2, 0) is 11.4 Å². The average Bonchev–Trinajstić information content (AvgIpc) is 3.55. The molecule has 1 aromatic heterocycles. The number of hydrogen-bond acceptors (Lipinski definition) is 7. The van der Waals surface area contributed by atoms with E-state index in [0.29, 0.717) is 6.61 Å². The predicted octanol–water partition coefficient (Wildman–Crippen LogP) is 4.94. The number of thiazole rings is 1. The van der Waals surface area contributed by atoms with Gasteiger partial charge in [0, 0.05) is 55.8 Å². The summed E-state index contributed by atoms with van der Waals surface area (Å²) in [5, 5.41) is 12.7. The minimum atomic E-state index is -0.648. The molecule has 1 amide bonds. The first kappa shape index (κ1) is 27.7. The Bertz CT molecular complexity index is 1430. The molecule has 3 heterocycles. The number of benzene rings is 2. The van der Waals surface area contributed by atoms with Crippen molar-refractivity contribution in [3.8, 4) is 17.0 Å². The van der Waals surface area contributed by atoms with Gasteiger partial charge in [-0.15, -0.1) is 11.3 Å². The van der Waals surface area contributed by atoms with Crippen LogP contribution >= 0.6 is 11.3 Å². The molecule has 2 bridgehead atoms. The van der Waals surface area contributed by atoms with Crippen LogP contribution in [0.5, 0.6) is 5.75 Å². The molecule has 216 valence electrons. The number of rotatable bonds is 7. The number of piperidine rings is 1. The summed E-state index contributed by atoms with van der Waals surface area (Å²) in [6.07, 6.45) is 1.97. The minimum Gasteiger partial charge on any atom is -0.488 e. The lowest BCUT2D eigenvalue weighted by Gasteiger charge is -2.35. The van der Waals surface area contributed by atoms with Crippen molar-refractivity contribution in [3.63, 3.8) is 0 Å². The van der Waals surface area contributed by atoms with Crippen molar-refractivity contribution in [1.29, 1.82) is 0 Å². The summed E-state index contributed by atoms with van der Waals surface area (Å²) >= 11 is 1.61. The SMILES string of the molecule is Cc1ccc(OCc2ccc(C(=O)N3CCN(C)CC3)cc2C)c(-c2csc(N3C[C@H]4CC[C@@H](C3)C4C(=O)O)n2)c1. The number of aliphatic carboxylic acids is 1. The molecule has 3 aromatic rings. The number of likely N-dealkylation sites (N-methyl/N-ethyl adjacent to an activating group) is 1. The second-order valence-electron chi connectivity index (χ2n) is 11.9. The molecular weight excluding hydrogens is 536 g/mol. The maximum absolute atomic E-state index is 13.0. The molecule has 1 aliphatic carbocycles. The molecule has 3 aliphatic rings. The van der Waals surface area contributed by atoms with Gasteiger partial charge in [0.25, 0.3) is 5.91 Å². The maximum atomic E-state index is 13.0. The number of anilines is 1. The fraction of sp³-hybridized carbons (Fsp3) is 0.469. The Kier molecular flexibility index (Phi) is 7.74. The molecule has 2 aromatic carbocycles. The molecule has 9 heteroatoms. The van der Waals surface area contributed by atoms with E-state index in [0.717, 1.165) is 96.5 Å². The Morgan fingerprint density at radius 2 is 1.76 bits per heavy atom. The second kappa shape index (κ2) is 11.4. The van der Waals surface area contributed by atoms with Crippen LogP contribution in [0.4, 0.5) is 5.13 Å². The molecule has 2 saturated heterocycles. The fourth-order valence-corrected chi connectivity index (χ4v) is 7.47. The van der Waals surface area contributed by atoms with Crippen LogP contribution < -0.4 is 9.64 Å². The molecule has 1 unspecified atom stereocenters. The summed E-state index contributed by atoms with van der Waals surface area (Å²) in [7, 11) is 2.09. The summed E-state index contributed by atoms with van der Waals surface area (Å²) in [5.41, 5.74) is 5.76. The number of nitrogens with zero attached hydrogens (tertiary/aromatic N) is 4. The van der Waals surface area contributed by atoms with E-state index in [1.807, 2.05) is 42.2 Å². The van der Waals surface area contributed by atoms with E-state index in [2.05, 4.69) is 35.2 Å². The molecule has 3 atom stereocenters. The van der Waals surface area contributed by atoms with E-state index < -0.39 is 5.97 Å². The van der Waals surface area contributed by atoms with Gasteiger partial charge in [-0.1, -0.05) is 17.7 Å². The smallest absolute Gasteiger partial charge is 0.307 e. The first-order valence-corrected chi connectivity index (χ1v) is 15.4. The number of ether oxygens (including phenoxy) is 1. The maximum Gasteiger partial charge on any atom is 0.307 e. The third kappa shape index (κ3) is 5.70. The molecule has 1 N–H and O–H groups in total. The number of aryl methyl sites for hydroxylation is 2. The number of fused-ring (bicyclic) bond motifs is 2. The van der Waals surface area contributed by atoms with Crippen LogP contribution in [0.15, 0.2) is 41.8 Å². The standard InChI is InChI=1S/C32H38N4O4S/c1-20-4-9-28(40-18-25-8-5-22(15-21(25)2)30(37)35-12-10-34(3)11-13-35)26(14-20)27-19-41-32(33-27)36-16-23-6-7-24(17-36)29(23)31(38)39/h4-5,8-9,14-15,19,23-24,29H,6-7,10-13,16-18H2,1-3H3,(H,38,39)/t23-,24+,29?. The van der Waals surface area contributed by atoms with Gasteiger partial charge in [0.2, 0.25) is 0 Å². The number of carboxylic acids is 1. The van der Waals surface area contributed by atoms with Gasteiger partial charge in [0.15, 0.2) is 5.13 Å². The highest BCUT2D eigenvalue weighted by Gasteiger charge is 2.46. The number of aromatic nitrogens is 1. The molecule has 0 spiro atoms. The van der Waals surface area contributed by atoms with Gasteiger partial charge in [0.05, 0.1) is 11.6 Å². The minimum absolute atomic E-state index is 0.0917. The van der Waals surface area contributed by atoms with Gasteiger partial charge < -0.3 is 24.5 Å². The molecule has 6 rings (SSSR count). The van der Waals surface area contributed by atoms with Crippen LogP contribution in [0, 0.1) is 31.6 Å². The van der Waals surface area contributed by atoms with Crippen molar-refractivity contribution in [2.45, 2.75) is 33.3 Å². The van der Waals surface area contributed by atoms with Crippen molar-refractivity contribution in [3.05, 3.63) is 64.0 Å². The molecule has 41 heavy (non-hydrogen) atoms. The highest BCUT2D eigenvalue weighted by atomic mass is 32.1. The van der Waals surface area contributed by atoms with E-state index in [4.69, 9.17) is 9.72 Å². The molecular formula is C32H38N4O4S. The number of carbonyl (C=O) groups is 2. The number of piperazine rings is 1. The van der Waals surface area contributed by atoms with Crippen LogP contribution in [0.25, 0.3) is 11.3 Å². The van der Waals surface area contributed by atoms with E-state index in [1.54, 1.807) is 11.3 Å². The second-order valence-corrected chi connectivity index (χ2v) is 12.7. The van der Waals surface area contributed by atoms with Gasteiger partial charge in [0.1, 0.15) is 12.4 Å². The number of hydrogen-bond donors (Lipinski definition) is 1. The van der Waals surface area contributed by atoms with Crippen LogP contribution in [0.3, 0.4) is 0 Å². The van der Waals surface area contributed by atoms with Gasteiger partial charge in [-0.25, -0.2) is 4.98 Å². The van der Waals surface area contributed by atoms with Gasteiger partial charge in [-0.3, -0.25) is 9.59 Å². The third-order valence-corrected chi connectivity index (χ3v) is 9.96. The lowest BCUT2D eigenvalue weighted by molar-refractivity contribution is -0.144.